The van der Waals surface area contributed by atoms with Crippen molar-refractivity contribution >= 4 is 57.2 Å². The van der Waals surface area contributed by atoms with Crippen LogP contribution in [-0.4, -0.2) is 6.71 Å². The number of rotatable bonds is 6. The van der Waals surface area contributed by atoms with Gasteiger partial charge in [-0.3, -0.25) is 0 Å². The number of anilines is 6. The lowest BCUT2D eigenvalue weighted by atomic mass is 9.33. The molecule has 2 nitrogen and oxygen atoms in total. The maximum Gasteiger partial charge on any atom is 0.252 e. The van der Waals surface area contributed by atoms with Gasteiger partial charge in [0.2, 0.25) is 0 Å². The van der Waals surface area contributed by atoms with Gasteiger partial charge < -0.3 is 9.80 Å². The highest BCUT2D eigenvalue weighted by molar-refractivity contribution is 7.00. The fraction of sp³-hybridized carbons (Fsp3) is 0.176. The zero-order chi connectivity index (χ0) is 37.2. The van der Waals surface area contributed by atoms with Gasteiger partial charge in [0.25, 0.3) is 6.71 Å². The van der Waals surface area contributed by atoms with Crippen LogP contribution in [0.2, 0.25) is 0 Å². The van der Waals surface area contributed by atoms with Crippen molar-refractivity contribution in [3.8, 4) is 11.1 Å². The van der Waals surface area contributed by atoms with Gasteiger partial charge in [0.15, 0.2) is 0 Å². The third-order valence-corrected chi connectivity index (χ3v) is 11.5. The second-order valence-electron chi connectivity index (χ2n) is 16.1. The average Bonchev–Trinajstić information content (AvgIpc) is 3.16. The molecule has 3 heteroatoms. The van der Waals surface area contributed by atoms with E-state index >= 15 is 0 Å². The molecular formula is C51H47BN2. The highest BCUT2D eigenvalue weighted by Crippen LogP contribution is 2.47. The lowest BCUT2D eigenvalue weighted by Crippen LogP contribution is -2.61. The molecule has 54 heavy (non-hydrogen) atoms. The summed E-state index contributed by atoms with van der Waals surface area (Å²) in [6.45, 7) is 15.6. The molecule has 0 saturated heterocycles. The summed E-state index contributed by atoms with van der Waals surface area (Å²) in [5, 5.41) is 0. The van der Waals surface area contributed by atoms with Crippen molar-refractivity contribution in [2.24, 2.45) is 0 Å². The molecule has 2 aliphatic rings. The molecule has 0 saturated carbocycles. The van der Waals surface area contributed by atoms with Crippen LogP contribution in [0.5, 0.6) is 0 Å². The Kier molecular flexibility index (Phi) is 8.34. The van der Waals surface area contributed by atoms with E-state index in [1.54, 1.807) is 0 Å². The van der Waals surface area contributed by atoms with Gasteiger partial charge in [0.05, 0.1) is 5.69 Å². The maximum atomic E-state index is 2.58. The van der Waals surface area contributed by atoms with Crippen molar-refractivity contribution in [3.63, 3.8) is 0 Å². The molecule has 2 heterocycles. The first-order chi connectivity index (χ1) is 26.1. The molecule has 0 bridgehead atoms. The number of aryl methyl sites for hydroxylation is 5. The highest BCUT2D eigenvalue weighted by atomic mass is 15.2. The van der Waals surface area contributed by atoms with Crippen LogP contribution in [0.1, 0.15) is 64.3 Å². The summed E-state index contributed by atoms with van der Waals surface area (Å²) in [7, 11) is 0. The van der Waals surface area contributed by atoms with Gasteiger partial charge in [-0.05, 0) is 134 Å². The number of fused-ring (bicyclic) bond motifs is 4. The number of benzene rings is 7. The summed E-state index contributed by atoms with van der Waals surface area (Å²) in [5.74, 6) is 0.505. The van der Waals surface area contributed by atoms with Crippen LogP contribution in [0.3, 0.4) is 0 Å². The van der Waals surface area contributed by atoms with Crippen LogP contribution in [-0.2, 0) is 6.42 Å². The normalized spacial score (nSPS) is 12.9. The Morgan fingerprint density at radius 3 is 1.54 bits per heavy atom. The molecule has 0 spiro atoms. The average molecular weight is 699 g/mol. The first kappa shape index (κ1) is 34.0. The molecule has 0 aromatic heterocycles. The fourth-order valence-corrected chi connectivity index (χ4v) is 8.70. The molecule has 0 amide bonds. The smallest absolute Gasteiger partial charge is 0.252 e. The summed E-state index contributed by atoms with van der Waals surface area (Å²) < 4.78 is 0. The topological polar surface area (TPSA) is 6.48 Å². The largest absolute Gasteiger partial charge is 0.311 e. The lowest BCUT2D eigenvalue weighted by molar-refractivity contribution is 0.865. The van der Waals surface area contributed by atoms with Gasteiger partial charge in [-0.1, -0.05) is 133 Å². The van der Waals surface area contributed by atoms with Crippen molar-refractivity contribution < 1.29 is 0 Å². The van der Waals surface area contributed by atoms with E-state index in [0.29, 0.717) is 5.92 Å². The summed E-state index contributed by atoms with van der Waals surface area (Å²) in [6, 6.07) is 53.5. The van der Waals surface area contributed by atoms with Gasteiger partial charge >= 0.3 is 0 Å². The van der Waals surface area contributed by atoms with Crippen LogP contribution in [0.25, 0.3) is 11.1 Å². The minimum absolute atomic E-state index is 0.0883. The quantitative estimate of drug-likeness (QED) is 0.160. The SMILES string of the molecule is Cc1ccc(-c2cc(C)ccc2N2c3ccc(C)cc3B3c4cc(C)ccc4N(c4ccc(C)cc4)c4cc(Cc5ccc(C(C)C)cc5)cc2c43)cc1. The van der Waals surface area contributed by atoms with Gasteiger partial charge in [0, 0.05) is 34.0 Å². The van der Waals surface area contributed by atoms with Gasteiger partial charge in [0.1, 0.15) is 0 Å². The predicted octanol–water partition coefficient (Wildman–Crippen LogP) is 11.7. The Labute approximate surface area is 321 Å². The first-order valence-electron chi connectivity index (χ1n) is 19.4. The molecule has 0 fully saturated rings. The Balaban J connectivity index is 1.36. The van der Waals surface area contributed by atoms with Crippen LogP contribution in [0, 0.1) is 34.6 Å². The van der Waals surface area contributed by atoms with Crippen molar-refractivity contribution in [2.45, 2.75) is 60.8 Å². The van der Waals surface area contributed by atoms with Gasteiger partial charge in [-0.2, -0.15) is 0 Å². The van der Waals surface area contributed by atoms with E-state index in [1.165, 1.54) is 106 Å². The van der Waals surface area contributed by atoms with E-state index in [0.717, 1.165) is 6.42 Å². The van der Waals surface area contributed by atoms with Crippen molar-refractivity contribution in [2.75, 3.05) is 9.80 Å². The van der Waals surface area contributed by atoms with E-state index in [1.807, 2.05) is 0 Å². The lowest BCUT2D eigenvalue weighted by Gasteiger charge is -2.45. The molecule has 0 unspecified atom stereocenters. The summed E-state index contributed by atoms with van der Waals surface area (Å²) in [4.78, 5) is 5.11. The van der Waals surface area contributed by atoms with Crippen molar-refractivity contribution in [3.05, 3.63) is 184 Å². The maximum absolute atomic E-state index is 2.58. The van der Waals surface area contributed by atoms with Gasteiger partial charge in [-0.15, -0.1) is 0 Å². The number of nitrogens with zero attached hydrogens (tertiary/aromatic N) is 2. The molecule has 9 rings (SSSR count). The standard InChI is InChI=1S/C51H47BN2/c1-32(2)40-19-15-38(16-20-40)29-39-30-49-51-50(31-39)54(46-23-12-35(5)26-43(46)41-17-8-33(3)9-18-41)48-25-14-37(7)28-45(48)52(51)44-27-36(6)13-24-47(44)53(49)42-21-10-34(4)11-22-42/h8-28,30-32H,29H2,1-7H3. The predicted molar refractivity (Wildman–Crippen MR) is 233 cm³/mol. The van der Waals surface area contributed by atoms with E-state index < -0.39 is 0 Å². The Hall–Kier alpha value is -5.80. The molecule has 0 atom stereocenters. The first-order valence-corrected chi connectivity index (χ1v) is 19.4. The summed E-state index contributed by atoms with van der Waals surface area (Å²) in [6.07, 6.45) is 0.846. The zero-order valence-electron chi connectivity index (χ0n) is 32.5. The van der Waals surface area contributed by atoms with Crippen LogP contribution < -0.4 is 26.2 Å². The third kappa shape index (κ3) is 5.84. The van der Waals surface area contributed by atoms with E-state index in [-0.39, 0.29) is 6.71 Å². The Bertz CT molecular complexity index is 2550. The van der Waals surface area contributed by atoms with Crippen LogP contribution >= 0.6 is 0 Å². The highest BCUT2D eigenvalue weighted by Gasteiger charge is 2.44. The minimum atomic E-state index is 0.0883. The van der Waals surface area contributed by atoms with Crippen molar-refractivity contribution in [1.82, 2.24) is 0 Å². The van der Waals surface area contributed by atoms with E-state index in [9.17, 15) is 0 Å². The van der Waals surface area contributed by atoms with E-state index in [2.05, 4.69) is 198 Å². The molecule has 7 aromatic carbocycles. The number of hydrogen-bond acceptors (Lipinski definition) is 2. The van der Waals surface area contributed by atoms with Crippen LogP contribution in [0.4, 0.5) is 34.1 Å². The van der Waals surface area contributed by atoms with Crippen molar-refractivity contribution in [1.29, 1.82) is 0 Å². The monoisotopic (exact) mass is 698 g/mol. The Morgan fingerprint density at radius 1 is 0.444 bits per heavy atom. The Morgan fingerprint density at radius 2 is 0.944 bits per heavy atom. The molecule has 0 N–H and O–H groups in total. The van der Waals surface area contributed by atoms with Gasteiger partial charge in [-0.25, -0.2) is 0 Å². The molecule has 0 radical (unpaired) electrons. The molecule has 7 aromatic rings. The summed E-state index contributed by atoms with van der Waals surface area (Å²) >= 11 is 0. The molecular weight excluding hydrogens is 651 g/mol. The fourth-order valence-electron chi connectivity index (χ4n) is 8.70. The third-order valence-electron chi connectivity index (χ3n) is 11.5. The second kappa shape index (κ2) is 13.3. The minimum Gasteiger partial charge on any atom is -0.311 e. The van der Waals surface area contributed by atoms with Crippen LogP contribution in [0.15, 0.2) is 140 Å². The molecule has 264 valence electrons. The van der Waals surface area contributed by atoms with E-state index in [4.69, 9.17) is 0 Å². The summed E-state index contributed by atoms with van der Waals surface area (Å²) in [5.41, 5.74) is 24.3. The zero-order valence-corrected chi connectivity index (χ0v) is 32.5. The second-order valence-corrected chi connectivity index (χ2v) is 16.1. The molecule has 2 aliphatic heterocycles. The number of hydrogen-bond donors (Lipinski definition) is 0. The molecule has 0 aliphatic carbocycles.